The SMILES string of the molecule is Cc1cc(C)c(NC(=O)CN(C)CC(=O)Nc2cc(C(C)(C)C)nn2-c2ccccc2)c(C)c1. The van der Waals surface area contributed by atoms with Crippen molar-refractivity contribution < 1.29 is 9.59 Å². The van der Waals surface area contributed by atoms with Crippen LogP contribution in [0.2, 0.25) is 0 Å². The van der Waals surface area contributed by atoms with Crippen LogP contribution >= 0.6 is 0 Å². The van der Waals surface area contributed by atoms with Crippen LogP contribution in [0.1, 0.15) is 43.2 Å². The predicted molar refractivity (Wildman–Crippen MR) is 138 cm³/mol. The number of carbonyl (C=O) groups is 2. The molecule has 0 bridgehead atoms. The van der Waals surface area contributed by atoms with E-state index in [-0.39, 0.29) is 30.3 Å². The van der Waals surface area contributed by atoms with Crippen molar-refractivity contribution in [1.29, 1.82) is 0 Å². The van der Waals surface area contributed by atoms with Crippen LogP contribution in [0, 0.1) is 20.8 Å². The van der Waals surface area contributed by atoms with Crippen LogP contribution in [-0.2, 0) is 15.0 Å². The molecule has 0 spiro atoms. The van der Waals surface area contributed by atoms with Gasteiger partial charge in [0, 0.05) is 17.2 Å². The summed E-state index contributed by atoms with van der Waals surface area (Å²) in [7, 11) is 1.75. The van der Waals surface area contributed by atoms with E-state index < -0.39 is 0 Å². The molecule has 180 valence electrons. The van der Waals surface area contributed by atoms with E-state index in [0.29, 0.717) is 5.82 Å². The lowest BCUT2D eigenvalue weighted by molar-refractivity contribution is -0.119. The first-order valence-corrected chi connectivity index (χ1v) is 11.5. The summed E-state index contributed by atoms with van der Waals surface area (Å²) < 4.78 is 1.74. The molecule has 1 heterocycles. The number of hydrogen-bond donors (Lipinski definition) is 2. The second-order valence-corrected chi connectivity index (χ2v) is 9.95. The van der Waals surface area contributed by atoms with Crippen molar-refractivity contribution in [2.75, 3.05) is 30.8 Å². The number of hydrogen-bond acceptors (Lipinski definition) is 4. The zero-order chi connectivity index (χ0) is 25.0. The molecule has 0 aliphatic heterocycles. The normalized spacial score (nSPS) is 11.5. The fourth-order valence-corrected chi connectivity index (χ4v) is 3.89. The molecule has 0 radical (unpaired) electrons. The van der Waals surface area contributed by atoms with Crippen molar-refractivity contribution >= 4 is 23.3 Å². The van der Waals surface area contributed by atoms with Gasteiger partial charge in [-0.3, -0.25) is 14.5 Å². The standard InChI is InChI=1S/C27H35N5O2/c1-18-13-19(2)26(20(3)14-18)29-25(34)17-31(7)16-24(33)28-23-15-22(27(4,5)6)30-32(23)21-11-9-8-10-12-21/h8-15H,16-17H2,1-7H3,(H,28,33)(H,29,34). The van der Waals surface area contributed by atoms with Crippen molar-refractivity contribution in [2.24, 2.45) is 0 Å². The second kappa shape index (κ2) is 10.2. The van der Waals surface area contributed by atoms with E-state index in [1.165, 1.54) is 0 Å². The summed E-state index contributed by atoms with van der Waals surface area (Å²) in [5.74, 6) is 0.232. The average molecular weight is 462 g/mol. The lowest BCUT2D eigenvalue weighted by atomic mass is 9.92. The average Bonchev–Trinajstić information content (AvgIpc) is 3.15. The summed E-state index contributed by atoms with van der Waals surface area (Å²) in [6, 6.07) is 15.7. The number of nitrogens with one attached hydrogen (secondary N) is 2. The van der Waals surface area contributed by atoms with Gasteiger partial charge in [0.05, 0.1) is 24.5 Å². The van der Waals surface area contributed by atoms with E-state index in [9.17, 15) is 9.59 Å². The Morgan fingerprint density at radius 1 is 0.912 bits per heavy atom. The summed E-state index contributed by atoms with van der Waals surface area (Å²) in [5, 5.41) is 10.7. The van der Waals surface area contributed by atoms with Gasteiger partial charge in [-0.25, -0.2) is 4.68 Å². The van der Waals surface area contributed by atoms with Crippen LogP contribution in [0.5, 0.6) is 0 Å². The van der Waals surface area contributed by atoms with E-state index in [2.05, 4.69) is 31.4 Å². The molecule has 1 aromatic heterocycles. The predicted octanol–water partition coefficient (Wildman–Crippen LogP) is 4.60. The van der Waals surface area contributed by atoms with Crippen molar-refractivity contribution in [1.82, 2.24) is 14.7 Å². The number of aromatic nitrogens is 2. The van der Waals surface area contributed by atoms with E-state index in [1.807, 2.05) is 69.3 Å². The fourth-order valence-electron chi connectivity index (χ4n) is 3.89. The van der Waals surface area contributed by atoms with Gasteiger partial charge in [-0.2, -0.15) is 5.10 Å². The number of rotatable bonds is 7. The molecule has 0 saturated heterocycles. The molecule has 0 aliphatic carbocycles. The first kappa shape index (κ1) is 25.2. The summed E-state index contributed by atoms with van der Waals surface area (Å²) in [6.45, 7) is 12.4. The maximum absolute atomic E-state index is 12.8. The lowest BCUT2D eigenvalue weighted by Gasteiger charge is -2.18. The third kappa shape index (κ3) is 6.32. The Morgan fingerprint density at radius 3 is 2.03 bits per heavy atom. The van der Waals surface area contributed by atoms with Gasteiger partial charge in [-0.1, -0.05) is 56.7 Å². The highest BCUT2D eigenvalue weighted by molar-refractivity contribution is 5.95. The number of likely N-dealkylation sites (N-methyl/N-ethyl adjacent to an activating group) is 1. The number of para-hydroxylation sites is 1. The Balaban J connectivity index is 1.66. The van der Waals surface area contributed by atoms with Gasteiger partial charge in [0.1, 0.15) is 5.82 Å². The number of carbonyl (C=O) groups excluding carboxylic acids is 2. The molecule has 0 saturated carbocycles. The molecule has 7 nitrogen and oxygen atoms in total. The molecule has 0 aliphatic rings. The second-order valence-electron chi connectivity index (χ2n) is 9.95. The third-order valence-corrected chi connectivity index (χ3v) is 5.51. The molecule has 2 amide bonds. The van der Waals surface area contributed by atoms with Gasteiger partial charge in [0.2, 0.25) is 11.8 Å². The van der Waals surface area contributed by atoms with E-state index >= 15 is 0 Å². The van der Waals surface area contributed by atoms with Gasteiger partial charge in [-0.05, 0) is 51.1 Å². The van der Waals surface area contributed by atoms with E-state index in [1.54, 1.807) is 16.6 Å². The van der Waals surface area contributed by atoms with Crippen molar-refractivity contribution in [2.45, 2.75) is 47.0 Å². The van der Waals surface area contributed by atoms with E-state index in [4.69, 9.17) is 5.10 Å². The molecule has 2 aromatic carbocycles. The van der Waals surface area contributed by atoms with E-state index in [0.717, 1.165) is 33.8 Å². The molecule has 34 heavy (non-hydrogen) atoms. The molecule has 3 aromatic rings. The number of anilines is 2. The molecule has 7 heteroatoms. The van der Waals surface area contributed by atoms with Crippen LogP contribution in [0.15, 0.2) is 48.5 Å². The minimum atomic E-state index is -0.212. The highest BCUT2D eigenvalue weighted by Gasteiger charge is 2.22. The minimum Gasteiger partial charge on any atom is -0.324 e. The number of aryl methyl sites for hydroxylation is 3. The molecular formula is C27H35N5O2. The molecular weight excluding hydrogens is 426 g/mol. The molecule has 0 atom stereocenters. The Morgan fingerprint density at radius 2 is 1.47 bits per heavy atom. The first-order chi connectivity index (χ1) is 15.9. The van der Waals surface area contributed by atoms with Crippen LogP contribution in [0.25, 0.3) is 5.69 Å². The number of nitrogens with zero attached hydrogens (tertiary/aromatic N) is 3. The zero-order valence-electron chi connectivity index (χ0n) is 21.2. The van der Waals surface area contributed by atoms with Crippen LogP contribution in [0.4, 0.5) is 11.5 Å². The largest absolute Gasteiger partial charge is 0.324 e. The number of amides is 2. The fraction of sp³-hybridized carbons (Fsp3) is 0.370. The Hall–Kier alpha value is -3.45. The molecule has 3 rings (SSSR count). The van der Waals surface area contributed by atoms with Gasteiger partial charge in [0.25, 0.3) is 0 Å². The highest BCUT2D eigenvalue weighted by atomic mass is 16.2. The van der Waals surface area contributed by atoms with Crippen molar-refractivity contribution in [3.63, 3.8) is 0 Å². The topological polar surface area (TPSA) is 79.3 Å². The Labute approximate surface area is 202 Å². The molecule has 2 N–H and O–H groups in total. The quantitative estimate of drug-likeness (QED) is 0.539. The first-order valence-electron chi connectivity index (χ1n) is 11.5. The Kier molecular flexibility index (Phi) is 7.57. The monoisotopic (exact) mass is 461 g/mol. The zero-order valence-corrected chi connectivity index (χ0v) is 21.2. The maximum atomic E-state index is 12.8. The molecule has 0 unspecified atom stereocenters. The summed E-state index contributed by atoms with van der Waals surface area (Å²) >= 11 is 0. The maximum Gasteiger partial charge on any atom is 0.239 e. The van der Waals surface area contributed by atoms with Gasteiger partial charge >= 0.3 is 0 Å². The number of benzene rings is 2. The summed E-state index contributed by atoms with van der Waals surface area (Å²) in [4.78, 5) is 27.1. The summed E-state index contributed by atoms with van der Waals surface area (Å²) in [6.07, 6.45) is 0. The minimum absolute atomic E-state index is 0.0735. The summed E-state index contributed by atoms with van der Waals surface area (Å²) in [5.41, 5.74) is 5.61. The Bertz CT molecular complexity index is 1150. The highest BCUT2D eigenvalue weighted by Crippen LogP contribution is 2.26. The van der Waals surface area contributed by atoms with Crippen LogP contribution in [-0.4, -0.2) is 46.6 Å². The smallest absolute Gasteiger partial charge is 0.239 e. The van der Waals surface area contributed by atoms with Crippen LogP contribution < -0.4 is 10.6 Å². The van der Waals surface area contributed by atoms with Crippen molar-refractivity contribution in [3.8, 4) is 5.69 Å². The van der Waals surface area contributed by atoms with Gasteiger partial charge in [-0.15, -0.1) is 0 Å². The van der Waals surface area contributed by atoms with Gasteiger partial charge < -0.3 is 10.6 Å². The molecule has 0 fully saturated rings. The van der Waals surface area contributed by atoms with Crippen LogP contribution in [0.3, 0.4) is 0 Å². The van der Waals surface area contributed by atoms with Gasteiger partial charge in [0.15, 0.2) is 0 Å². The third-order valence-electron chi connectivity index (χ3n) is 5.51. The van der Waals surface area contributed by atoms with Crippen molar-refractivity contribution in [3.05, 3.63) is 70.9 Å². The lowest BCUT2D eigenvalue weighted by Crippen LogP contribution is -2.36.